The predicted molar refractivity (Wildman–Crippen MR) is 67.0 cm³/mol. The highest BCUT2D eigenvalue weighted by molar-refractivity contribution is 5.83. The van der Waals surface area contributed by atoms with Gasteiger partial charge in [0.25, 0.3) is 0 Å². The smallest absolute Gasteiger partial charge is 0.0990 e. The molecule has 1 N–H and O–H groups in total. The van der Waals surface area contributed by atoms with Crippen LogP contribution in [0.15, 0.2) is 0 Å². The Hall–Kier alpha value is -0.610. The van der Waals surface area contributed by atoms with Crippen molar-refractivity contribution < 1.29 is 0 Å². The van der Waals surface area contributed by atoms with Crippen LogP contribution in [-0.4, -0.2) is 73.9 Å². The Labute approximate surface area is 98.7 Å². The summed E-state index contributed by atoms with van der Waals surface area (Å²) in [5.41, 5.74) is 0. The second-order valence-corrected chi connectivity index (χ2v) is 5.29. The van der Waals surface area contributed by atoms with Crippen LogP contribution >= 0.6 is 0 Å². The maximum Gasteiger partial charge on any atom is 0.0990 e. The van der Waals surface area contributed by atoms with Crippen LogP contribution in [0.3, 0.4) is 0 Å². The Morgan fingerprint density at radius 1 is 1.19 bits per heavy atom. The maximum atomic E-state index is 8.04. The highest BCUT2D eigenvalue weighted by Gasteiger charge is 2.31. The average Bonchev–Trinajstić information content (AvgIpc) is 3.10. The summed E-state index contributed by atoms with van der Waals surface area (Å²) in [6.45, 7) is 6.68. The minimum atomic E-state index is 0.605. The van der Waals surface area contributed by atoms with E-state index in [4.69, 9.17) is 5.41 Å². The van der Waals surface area contributed by atoms with Gasteiger partial charge < -0.3 is 9.80 Å². The van der Waals surface area contributed by atoms with E-state index in [0.29, 0.717) is 5.92 Å². The van der Waals surface area contributed by atoms with Crippen LogP contribution in [0, 0.1) is 11.3 Å². The van der Waals surface area contributed by atoms with Gasteiger partial charge in [0.15, 0.2) is 0 Å². The standard InChI is InChI=1S/C12H24N4/c1-14(2)5-6-15-7-9-16(10-8-15)12(13)11-3-4-11/h11,13H,3-10H2,1-2H3. The molecule has 0 amide bonds. The second kappa shape index (κ2) is 5.15. The van der Waals surface area contributed by atoms with Gasteiger partial charge in [-0.1, -0.05) is 0 Å². The van der Waals surface area contributed by atoms with Crippen molar-refractivity contribution in [1.29, 1.82) is 5.41 Å². The number of hydrogen-bond donors (Lipinski definition) is 1. The van der Waals surface area contributed by atoms with Crippen molar-refractivity contribution >= 4 is 5.84 Å². The fourth-order valence-electron chi connectivity index (χ4n) is 2.17. The minimum Gasteiger partial charge on any atom is -0.358 e. The molecule has 0 aromatic rings. The molecule has 1 aliphatic carbocycles. The Morgan fingerprint density at radius 3 is 2.31 bits per heavy atom. The summed E-state index contributed by atoms with van der Waals surface area (Å²) >= 11 is 0. The lowest BCUT2D eigenvalue weighted by Gasteiger charge is -2.36. The third-order valence-corrected chi connectivity index (χ3v) is 3.54. The number of nitrogens with one attached hydrogen (secondary N) is 1. The van der Waals surface area contributed by atoms with Crippen LogP contribution < -0.4 is 0 Å². The molecule has 16 heavy (non-hydrogen) atoms. The summed E-state index contributed by atoms with van der Waals surface area (Å²) in [6, 6.07) is 0. The molecule has 1 heterocycles. The van der Waals surface area contributed by atoms with Gasteiger partial charge in [-0.3, -0.25) is 10.3 Å². The van der Waals surface area contributed by atoms with Gasteiger partial charge in [0.05, 0.1) is 5.84 Å². The number of piperazine rings is 1. The molecule has 2 fully saturated rings. The molecule has 2 aliphatic rings. The lowest BCUT2D eigenvalue weighted by molar-refractivity contribution is 0.167. The van der Waals surface area contributed by atoms with E-state index >= 15 is 0 Å². The quantitative estimate of drug-likeness (QED) is 0.559. The molecule has 0 radical (unpaired) electrons. The van der Waals surface area contributed by atoms with E-state index in [0.717, 1.165) is 45.1 Å². The largest absolute Gasteiger partial charge is 0.358 e. The Morgan fingerprint density at radius 2 is 1.81 bits per heavy atom. The van der Waals surface area contributed by atoms with Gasteiger partial charge in [-0.15, -0.1) is 0 Å². The van der Waals surface area contributed by atoms with Crippen LogP contribution in [0.4, 0.5) is 0 Å². The molecule has 1 aliphatic heterocycles. The summed E-state index contributed by atoms with van der Waals surface area (Å²) in [5.74, 6) is 1.51. The molecule has 0 spiro atoms. The monoisotopic (exact) mass is 224 g/mol. The first-order chi connectivity index (χ1) is 7.66. The van der Waals surface area contributed by atoms with Crippen LogP contribution in [0.5, 0.6) is 0 Å². The van der Waals surface area contributed by atoms with Gasteiger partial charge in [-0.05, 0) is 26.9 Å². The van der Waals surface area contributed by atoms with Gasteiger partial charge in [0.1, 0.15) is 0 Å². The van der Waals surface area contributed by atoms with Crippen LogP contribution in [0.2, 0.25) is 0 Å². The van der Waals surface area contributed by atoms with Crippen molar-refractivity contribution in [2.45, 2.75) is 12.8 Å². The van der Waals surface area contributed by atoms with E-state index in [1.54, 1.807) is 0 Å². The third-order valence-electron chi connectivity index (χ3n) is 3.54. The summed E-state index contributed by atoms with van der Waals surface area (Å²) in [5, 5.41) is 8.04. The molecule has 4 heteroatoms. The zero-order valence-corrected chi connectivity index (χ0v) is 10.6. The molecule has 0 bridgehead atoms. The van der Waals surface area contributed by atoms with Crippen LogP contribution in [0.1, 0.15) is 12.8 Å². The zero-order valence-electron chi connectivity index (χ0n) is 10.6. The van der Waals surface area contributed by atoms with Gasteiger partial charge in [-0.25, -0.2) is 0 Å². The molecule has 0 atom stereocenters. The van der Waals surface area contributed by atoms with E-state index in [2.05, 4.69) is 28.8 Å². The molecule has 0 unspecified atom stereocenters. The summed E-state index contributed by atoms with van der Waals surface area (Å²) in [6.07, 6.45) is 2.50. The van der Waals surface area contributed by atoms with Crippen molar-refractivity contribution in [1.82, 2.24) is 14.7 Å². The topological polar surface area (TPSA) is 33.6 Å². The zero-order chi connectivity index (χ0) is 11.5. The molecule has 0 aromatic heterocycles. The van der Waals surface area contributed by atoms with Crippen molar-refractivity contribution in [2.75, 3.05) is 53.4 Å². The van der Waals surface area contributed by atoms with Gasteiger partial charge >= 0.3 is 0 Å². The average molecular weight is 224 g/mol. The lowest BCUT2D eigenvalue weighted by atomic mass is 10.2. The van der Waals surface area contributed by atoms with E-state index in [-0.39, 0.29) is 0 Å². The highest BCUT2D eigenvalue weighted by atomic mass is 15.3. The normalized spacial score (nSPS) is 22.8. The van der Waals surface area contributed by atoms with E-state index < -0.39 is 0 Å². The molecule has 0 aromatic carbocycles. The maximum absolute atomic E-state index is 8.04. The molecule has 2 rings (SSSR count). The first-order valence-corrected chi connectivity index (χ1v) is 6.37. The van der Waals surface area contributed by atoms with E-state index in [1.807, 2.05) is 0 Å². The number of rotatable bonds is 4. The van der Waals surface area contributed by atoms with Crippen molar-refractivity contribution in [3.05, 3.63) is 0 Å². The molecular formula is C12H24N4. The van der Waals surface area contributed by atoms with Crippen molar-refractivity contribution in [2.24, 2.45) is 5.92 Å². The van der Waals surface area contributed by atoms with Crippen LogP contribution in [-0.2, 0) is 0 Å². The first kappa shape index (κ1) is 11.9. The van der Waals surface area contributed by atoms with Gasteiger partial charge in [-0.2, -0.15) is 0 Å². The lowest BCUT2D eigenvalue weighted by Crippen LogP contribution is -2.50. The molecule has 92 valence electrons. The third kappa shape index (κ3) is 3.19. The Balaban J connectivity index is 1.67. The number of hydrogen-bond acceptors (Lipinski definition) is 3. The Kier molecular flexibility index (Phi) is 3.82. The summed E-state index contributed by atoms with van der Waals surface area (Å²) < 4.78 is 0. The SMILES string of the molecule is CN(C)CCN1CCN(C(=N)C2CC2)CC1. The molecule has 4 nitrogen and oxygen atoms in total. The molecule has 1 saturated heterocycles. The molecular weight excluding hydrogens is 200 g/mol. The number of nitrogens with zero attached hydrogens (tertiary/aromatic N) is 3. The fourth-order valence-corrected chi connectivity index (χ4v) is 2.17. The number of amidine groups is 1. The summed E-state index contributed by atoms with van der Waals surface area (Å²) in [4.78, 5) is 7.03. The first-order valence-electron chi connectivity index (χ1n) is 6.37. The van der Waals surface area contributed by atoms with Crippen molar-refractivity contribution in [3.63, 3.8) is 0 Å². The second-order valence-electron chi connectivity index (χ2n) is 5.29. The van der Waals surface area contributed by atoms with Gasteiger partial charge in [0, 0.05) is 45.2 Å². The van der Waals surface area contributed by atoms with E-state index in [1.165, 1.54) is 12.8 Å². The predicted octanol–water partition coefficient (Wildman–Crippen LogP) is 0.553. The highest BCUT2D eigenvalue weighted by Crippen LogP contribution is 2.31. The number of likely N-dealkylation sites (N-methyl/N-ethyl adjacent to an activating group) is 1. The Bertz CT molecular complexity index is 239. The minimum absolute atomic E-state index is 0.605. The van der Waals surface area contributed by atoms with Crippen LogP contribution in [0.25, 0.3) is 0 Å². The van der Waals surface area contributed by atoms with Crippen molar-refractivity contribution in [3.8, 4) is 0 Å². The summed E-state index contributed by atoms with van der Waals surface area (Å²) in [7, 11) is 4.25. The fraction of sp³-hybridized carbons (Fsp3) is 0.917. The molecule has 1 saturated carbocycles. The van der Waals surface area contributed by atoms with E-state index in [9.17, 15) is 0 Å². The van der Waals surface area contributed by atoms with Gasteiger partial charge in [0.2, 0.25) is 0 Å².